The fourth-order valence-corrected chi connectivity index (χ4v) is 5.22. The van der Waals surface area contributed by atoms with E-state index >= 15 is 0 Å². The first-order valence-corrected chi connectivity index (χ1v) is 15.2. The summed E-state index contributed by atoms with van der Waals surface area (Å²) in [6, 6.07) is 7.95. The maximum absolute atomic E-state index is 10.9. The van der Waals surface area contributed by atoms with E-state index in [4.69, 9.17) is 18.6 Å². The van der Waals surface area contributed by atoms with Crippen molar-refractivity contribution in [2.24, 2.45) is 0 Å². The zero-order chi connectivity index (χ0) is 25.4. The highest BCUT2D eigenvalue weighted by molar-refractivity contribution is 6.74. The van der Waals surface area contributed by atoms with Crippen LogP contribution in [-0.4, -0.2) is 46.6 Å². The van der Waals surface area contributed by atoms with E-state index in [1.54, 1.807) is 7.11 Å². The number of benzene rings is 1. The molecule has 1 saturated heterocycles. The van der Waals surface area contributed by atoms with Gasteiger partial charge in [-0.1, -0.05) is 56.7 Å². The molecular weight excluding hydrogens is 444 g/mol. The van der Waals surface area contributed by atoms with Gasteiger partial charge in [0.15, 0.2) is 8.32 Å². The SMILES string of the molecule is C=C1C[C@@H](CC=O)O[C@@H](/C=C(\C)C[C@H](COCc2ccc(OC)cc2)O[Si](C)(C)C(C)(C)C)C1. The summed E-state index contributed by atoms with van der Waals surface area (Å²) in [6.07, 6.45) is 5.71. The predicted molar refractivity (Wildman–Crippen MR) is 141 cm³/mol. The number of rotatable bonds is 12. The van der Waals surface area contributed by atoms with Crippen LogP contribution in [0.25, 0.3) is 0 Å². The molecule has 34 heavy (non-hydrogen) atoms. The van der Waals surface area contributed by atoms with Gasteiger partial charge in [-0.25, -0.2) is 0 Å². The summed E-state index contributed by atoms with van der Waals surface area (Å²) in [5.41, 5.74) is 3.46. The lowest BCUT2D eigenvalue weighted by molar-refractivity contribution is -0.111. The summed E-state index contributed by atoms with van der Waals surface area (Å²) >= 11 is 0. The van der Waals surface area contributed by atoms with Crippen molar-refractivity contribution in [3.63, 3.8) is 0 Å². The van der Waals surface area contributed by atoms with Gasteiger partial charge in [0.25, 0.3) is 0 Å². The van der Waals surface area contributed by atoms with Gasteiger partial charge in [-0.15, -0.1) is 0 Å². The fourth-order valence-electron chi connectivity index (χ4n) is 3.88. The van der Waals surface area contributed by atoms with Crippen LogP contribution in [0, 0.1) is 0 Å². The molecular formula is C28H44O5Si. The Morgan fingerprint density at radius 2 is 1.91 bits per heavy atom. The molecule has 5 nitrogen and oxygen atoms in total. The number of methoxy groups -OCH3 is 1. The molecule has 3 atom stereocenters. The van der Waals surface area contributed by atoms with Crippen molar-refractivity contribution in [3.8, 4) is 5.75 Å². The van der Waals surface area contributed by atoms with Crippen LogP contribution in [0.5, 0.6) is 5.75 Å². The quantitative estimate of drug-likeness (QED) is 0.188. The summed E-state index contributed by atoms with van der Waals surface area (Å²) < 4.78 is 24.2. The Labute approximate surface area is 207 Å². The van der Waals surface area contributed by atoms with Gasteiger partial charge in [0.05, 0.1) is 38.6 Å². The largest absolute Gasteiger partial charge is 0.497 e. The molecule has 1 aromatic rings. The highest BCUT2D eigenvalue weighted by atomic mass is 28.4. The van der Waals surface area contributed by atoms with Crippen LogP contribution in [0.15, 0.2) is 48.1 Å². The van der Waals surface area contributed by atoms with Crippen molar-refractivity contribution in [1.82, 2.24) is 0 Å². The van der Waals surface area contributed by atoms with Crippen LogP contribution in [0.4, 0.5) is 0 Å². The molecule has 1 aromatic carbocycles. The first-order chi connectivity index (χ1) is 15.9. The molecule has 190 valence electrons. The van der Waals surface area contributed by atoms with Gasteiger partial charge < -0.3 is 23.4 Å². The number of hydrogen-bond acceptors (Lipinski definition) is 5. The van der Waals surface area contributed by atoms with Gasteiger partial charge in [0.1, 0.15) is 12.0 Å². The Morgan fingerprint density at radius 3 is 2.50 bits per heavy atom. The third-order valence-corrected chi connectivity index (χ3v) is 11.3. The minimum Gasteiger partial charge on any atom is -0.497 e. The lowest BCUT2D eigenvalue weighted by Gasteiger charge is -2.39. The normalized spacial score (nSPS) is 20.8. The highest BCUT2D eigenvalue weighted by Crippen LogP contribution is 2.38. The Kier molecular flexibility index (Phi) is 10.7. The Balaban J connectivity index is 2.05. The van der Waals surface area contributed by atoms with Gasteiger partial charge in [-0.2, -0.15) is 0 Å². The molecule has 1 fully saturated rings. The average Bonchev–Trinajstić information content (AvgIpc) is 2.72. The molecule has 0 unspecified atom stereocenters. The third-order valence-electron chi connectivity index (χ3n) is 6.75. The maximum Gasteiger partial charge on any atom is 0.192 e. The molecule has 0 N–H and O–H groups in total. The molecule has 6 heteroatoms. The minimum absolute atomic E-state index is 0.0343. The molecule has 1 heterocycles. The molecule has 0 amide bonds. The zero-order valence-electron chi connectivity index (χ0n) is 22.2. The Morgan fingerprint density at radius 1 is 1.24 bits per heavy atom. The van der Waals surface area contributed by atoms with Crippen LogP contribution in [0.3, 0.4) is 0 Å². The van der Waals surface area contributed by atoms with Crippen LogP contribution in [0.2, 0.25) is 18.1 Å². The minimum atomic E-state index is -1.97. The molecule has 0 aromatic heterocycles. The first-order valence-electron chi connectivity index (χ1n) is 12.2. The standard InChI is InChI=1S/C28H44O5Si/c1-21-15-25(13-14-29)32-26(16-21)17-22(2)18-27(33-34(7,8)28(3,4)5)20-31-19-23-9-11-24(30-6)12-10-23/h9-12,14,17,25-27H,1,13,15-16,18-20H2,2-8H3/b22-17+/t25-,26-,27-/m1/s1. The number of aldehydes is 1. The van der Waals surface area contributed by atoms with Crippen LogP contribution in [0.1, 0.15) is 58.9 Å². The van der Waals surface area contributed by atoms with Crippen LogP contribution in [-0.2, 0) is 25.3 Å². The number of hydrogen-bond donors (Lipinski definition) is 0. The zero-order valence-corrected chi connectivity index (χ0v) is 23.2. The van der Waals surface area contributed by atoms with E-state index in [0.717, 1.165) is 42.4 Å². The first kappa shape index (κ1) is 28.5. The molecule has 0 radical (unpaired) electrons. The van der Waals surface area contributed by atoms with Crippen LogP contribution < -0.4 is 4.74 Å². The van der Waals surface area contributed by atoms with Crippen molar-refractivity contribution in [1.29, 1.82) is 0 Å². The van der Waals surface area contributed by atoms with Gasteiger partial charge >= 0.3 is 0 Å². The van der Waals surface area contributed by atoms with E-state index in [9.17, 15) is 4.79 Å². The van der Waals surface area contributed by atoms with Crippen molar-refractivity contribution < 1.29 is 23.4 Å². The van der Waals surface area contributed by atoms with Crippen LogP contribution >= 0.6 is 0 Å². The monoisotopic (exact) mass is 488 g/mol. The average molecular weight is 489 g/mol. The van der Waals surface area contributed by atoms with Gasteiger partial charge in [-0.05, 0) is 62.0 Å². The highest BCUT2D eigenvalue weighted by Gasteiger charge is 2.39. The molecule has 0 bridgehead atoms. The van der Waals surface area contributed by atoms with Crippen molar-refractivity contribution in [2.45, 2.75) is 96.4 Å². The third kappa shape index (κ3) is 9.14. The lowest BCUT2D eigenvalue weighted by atomic mass is 9.96. The van der Waals surface area contributed by atoms with Gasteiger partial charge in [0, 0.05) is 6.42 Å². The van der Waals surface area contributed by atoms with E-state index in [1.807, 2.05) is 24.3 Å². The number of carbonyl (C=O) groups is 1. The summed E-state index contributed by atoms with van der Waals surface area (Å²) in [5.74, 6) is 0.839. The molecule has 2 rings (SSSR count). The lowest BCUT2D eigenvalue weighted by Crippen LogP contribution is -2.45. The molecule has 1 aliphatic heterocycles. The second-order valence-electron chi connectivity index (χ2n) is 10.9. The maximum atomic E-state index is 10.9. The number of carbonyl (C=O) groups excluding carboxylic acids is 1. The van der Waals surface area contributed by atoms with Crippen molar-refractivity contribution in [2.75, 3.05) is 13.7 Å². The number of ether oxygens (including phenoxy) is 3. The van der Waals surface area contributed by atoms with E-state index in [0.29, 0.717) is 19.6 Å². The molecule has 0 aliphatic carbocycles. The summed E-state index contributed by atoms with van der Waals surface area (Å²) in [4.78, 5) is 10.9. The molecule has 1 aliphatic rings. The Bertz CT molecular complexity index is 822. The molecule has 0 spiro atoms. The second-order valence-corrected chi connectivity index (χ2v) is 15.7. The second kappa shape index (κ2) is 12.8. The fraction of sp³-hybridized carbons (Fsp3) is 0.607. The summed E-state index contributed by atoms with van der Waals surface area (Å²) in [5, 5.41) is 0.116. The summed E-state index contributed by atoms with van der Waals surface area (Å²) in [6.45, 7) is 18.7. The van der Waals surface area contributed by atoms with E-state index < -0.39 is 8.32 Å². The van der Waals surface area contributed by atoms with Crippen molar-refractivity contribution >= 4 is 14.6 Å². The van der Waals surface area contributed by atoms with E-state index in [1.165, 1.54) is 5.57 Å². The van der Waals surface area contributed by atoms with Gasteiger partial charge in [0.2, 0.25) is 0 Å². The van der Waals surface area contributed by atoms with Crippen molar-refractivity contribution in [3.05, 3.63) is 53.6 Å². The van der Waals surface area contributed by atoms with E-state index in [-0.39, 0.29) is 23.4 Å². The van der Waals surface area contributed by atoms with Gasteiger partial charge in [-0.3, -0.25) is 0 Å². The Hall–Kier alpha value is -1.73. The summed E-state index contributed by atoms with van der Waals surface area (Å²) in [7, 11) is -0.302. The topological polar surface area (TPSA) is 54.0 Å². The predicted octanol–water partition coefficient (Wildman–Crippen LogP) is 6.63. The van der Waals surface area contributed by atoms with E-state index in [2.05, 4.69) is 53.4 Å². The molecule has 0 saturated carbocycles. The smallest absolute Gasteiger partial charge is 0.192 e.